The van der Waals surface area contributed by atoms with Gasteiger partial charge >= 0.3 is 5.97 Å². The van der Waals surface area contributed by atoms with Gasteiger partial charge in [0, 0.05) is 19.8 Å². The van der Waals surface area contributed by atoms with Gasteiger partial charge in [0.2, 0.25) is 0 Å². The van der Waals surface area contributed by atoms with Gasteiger partial charge in [-0.2, -0.15) is 0 Å². The maximum absolute atomic E-state index is 12.0. The molecule has 0 bridgehead atoms. The van der Waals surface area contributed by atoms with Crippen LogP contribution in [-0.4, -0.2) is 38.5 Å². The van der Waals surface area contributed by atoms with Crippen molar-refractivity contribution in [1.82, 2.24) is 0 Å². The van der Waals surface area contributed by atoms with E-state index >= 15 is 0 Å². The van der Waals surface area contributed by atoms with Crippen LogP contribution in [0.25, 0.3) is 0 Å². The summed E-state index contributed by atoms with van der Waals surface area (Å²) in [5, 5.41) is 4.47. The first-order chi connectivity index (χ1) is 11.4. The molecule has 0 aliphatic heterocycles. The summed E-state index contributed by atoms with van der Waals surface area (Å²) in [4.78, 5) is 36.9. The number of carbonyl (C=O) groups is 3. The molecular formula is C16H17N3O4S. The van der Waals surface area contributed by atoms with E-state index in [1.165, 1.54) is 6.07 Å². The average molecular weight is 347 g/mol. The van der Waals surface area contributed by atoms with Gasteiger partial charge < -0.3 is 20.7 Å². The molecule has 2 amide bonds. The zero-order valence-electron chi connectivity index (χ0n) is 13.2. The Hall–Kier alpha value is -2.87. The first-order valence-electron chi connectivity index (χ1n) is 7.00. The summed E-state index contributed by atoms with van der Waals surface area (Å²) in [6.45, 7) is -0.457. The quantitative estimate of drug-likeness (QED) is 0.775. The number of anilines is 2. The zero-order chi connectivity index (χ0) is 17.7. The fraction of sp³-hybridized carbons (Fsp3) is 0.188. The zero-order valence-corrected chi connectivity index (χ0v) is 14.1. The Morgan fingerprint density at radius 2 is 2.00 bits per heavy atom. The molecule has 0 fully saturated rings. The van der Waals surface area contributed by atoms with Gasteiger partial charge in [-0.1, -0.05) is 6.07 Å². The molecule has 3 N–H and O–H groups in total. The standard InChI is InChI=1S/C16H17N3O4S/c1-19(2)11-5-3-4-10(8-11)16(22)23-9-13(20)18-15-12(14(17)21)6-7-24-15/h3-8H,9H2,1-2H3,(H2,17,21)(H,18,20). The highest BCUT2D eigenvalue weighted by Gasteiger charge is 2.15. The number of nitrogens with two attached hydrogens (primary N) is 1. The largest absolute Gasteiger partial charge is 0.452 e. The lowest BCUT2D eigenvalue weighted by Gasteiger charge is -2.13. The van der Waals surface area contributed by atoms with Crippen LogP contribution in [-0.2, 0) is 9.53 Å². The fourth-order valence-corrected chi connectivity index (χ4v) is 2.70. The van der Waals surface area contributed by atoms with Gasteiger partial charge in [-0.3, -0.25) is 9.59 Å². The van der Waals surface area contributed by atoms with Crippen molar-refractivity contribution in [3.63, 3.8) is 0 Å². The van der Waals surface area contributed by atoms with E-state index in [0.717, 1.165) is 17.0 Å². The van der Waals surface area contributed by atoms with E-state index in [1.54, 1.807) is 23.6 Å². The van der Waals surface area contributed by atoms with E-state index in [4.69, 9.17) is 10.5 Å². The van der Waals surface area contributed by atoms with Gasteiger partial charge in [0.15, 0.2) is 6.61 Å². The number of nitrogens with zero attached hydrogens (tertiary/aromatic N) is 1. The van der Waals surface area contributed by atoms with E-state index < -0.39 is 24.4 Å². The van der Waals surface area contributed by atoms with Crippen LogP contribution >= 0.6 is 11.3 Å². The van der Waals surface area contributed by atoms with Gasteiger partial charge in [0.05, 0.1) is 11.1 Å². The molecule has 0 unspecified atom stereocenters. The topological polar surface area (TPSA) is 102 Å². The number of benzene rings is 1. The van der Waals surface area contributed by atoms with Gasteiger partial charge in [-0.25, -0.2) is 4.79 Å². The Labute approximate surface area is 143 Å². The smallest absolute Gasteiger partial charge is 0.338 e. The maximum atomic E-state index is 12.0. The van der Waals surface area contributed by atoms with Crippen LogP contribution in [0.2, 0.25) is 0 Å². The second kappa shape index (κ2) is 7.60. The molecule has 2 aromatic rings. The van der Waals surface area contributed by atoms with Gasteiger partial charge in [0.25, 0.3) is 11.8 Å². The van der Waals surface area contributed by atoms with E-state index in [2.05, 4.69) is 5.32 Å². The highest BCUT2D eigenvalue weighted by atomic mass is 32.1. The Bertz CT molecular complexity index is 770. The highest BCUT2D eigenvalue weighted by molar-refractivity contribution is 7.14. The summed E-state index contributed by atoms with van der Waals surface area (Å²) in [5.74, 6) is -1.78. The van der Waals surface area contributed by atoms with Crippen LogP contribution in [0.5, 0.6) is 0 Å². The maximum Gasteiger partial charge on any atom is 0.338 e. The van der Waals surface area contributed by atoms with Crippen LogP contribution in [0.3, 0.4) is 0 Å². The predicted molar refractivity (Wildman–Crippen MR) is 92.5 cm³/mol. The van der Waals surface area contributed by atoms with Crippen LogP contribution < -0.4 is 16.0 Å². The fourth-order valence-electron chi connectivity index (χ4n) is 1.89. The van der Waals surface area contributed by atoms with E-state index in [0.29, 0.717) is 10.6 Å². The third-order valence-corrected chi connectivity index (χ3v) is 3.95. The third kappa shape index (κ3) is 4.32. The molecule has 1 aromatic carbocycles. The lowest BCUT2D eigenvalue weighted by atomic mass is 10.2. The molecule has 1 heterocycles. The minimum absolute atomic E-state index is 0.221. The number of esters is 1. The molecule has 0 atom stereocenters. The summed E-state index contributed by atoms with van der Waals surface area (Å²) >= 11 is 1.16. The minimum atomic E-state index is -0.635. The monoisotopic (exact) mass is 347 g/mol. The Morgan fingerprint density at radius 1 is 1.25 bits per heavy atom. The van der Waals surface area contributed by atoms with E-state index in [-0.39, 0.29) is 5.56 Å². The summed E-state index contributed by atoms with van der Waals surface area (Å²) in [6, 6.07) is 8.38. The van der Waals surface area contributed by atoms with Crippen molar-refractivity contribution in [3.05, 3.63) is 46.8 Å². The number of nitrogens with one attached hydrogen (secondary N) is 1. The number of primary amides is 1. The lowest BCUT2D eigenvalue weighted by Crippen LogP contribution is -2.22. The number of thiophene rings is 1. The first-order valence-corrected chi connectivity index (χ1v) is 7.88. The van der Waals surface area contributed by atoms with E-state index in [9.17, 15) is 14.4 Å². The van der Waals surface area contributed by atoms with E-state index in [1.807, 2.05) is 25.1 Å². The normalized spacial score (nSPS) is 10.1. The highest BCUT2D eigenvalue weighted by Crippen LogP contribution is 2.22. The van der Waals surface area contributed by atoms with Crippen molar-refractivity contribution in [1.29, 1.82) is 0 Å². The number of rotatable bonds is 6. The molecule has 0 spiro atoms. The molecule has 7 nitrogen and oxygen atoms in total. The van der Waals surface area contributed by atoms with Gasteiger partial charge in [0.1, 0.15) is 5.00 Å². The number of hydrogen-bond donors (Lipinski definition) is 2. The Morgan fingerprint density at radius 3 is 2.67 bits per heavy atom. The molecule has 126 valence electrons. The molecule has 8 heteroatoms. The molecule has 0 aliphatic rings. The number of carbonyl (C=O) groups excluding carboxylic acids is 3. The summed E-state index contributed by atoms with van der Waals surface area (Å²) < 4.78 is 4.99. The minimum Gasteiger partial charge on any atom is -0.452 e. The number of ether oxygens (including phenoxy) is 1. The van der Waals surface area contributed by atoms with Gasteiger partial charge in [-0.05, 0) is 29.6 Å². The molecule has 1 aromatic heterocycles. The van der Waals surface area contributed by atoms with Crippen LogP contribution in [0, 0.1) is 0 Å². The third-order valence-electron chi connectivity index (χ3n) is 3.12. The number of amides is 2. The molecule has 0 saturated heterocycles. The van der Waals surface area contributed by atoms with Crippen molar-refractivity contribution < 1.29 is 19.1 Å². The molecule has 0 radical (unpaired) electrons. The van der Waals surface area contributed by atoms with Crippen molar-refractivity contribution in [3.8, 4) is 0 Å². The van der Waals surface area contributed by atoms with Crippen LogP contribution in [0.15, 0.2) is 35.7 Å². The second-order valence-corrected chi connectivity index (χ2v) is 6.01. The molecule has 24 heavy (non-hydrogen) atoms. The SMILES string of the molecule is CN(C)c1cccc(C(=O)OCC(=O)Nc2sccc2C(N)=O)c1. The molecule has 0 saturated carbocycles. The van der Waals surface area contributed by atoms with Crippen molar-refractivity contribution in [2.45, 2.75) is 0 Å². The molecule has 2 rings (SSSR count). The van der Waals surface area contributed by atoms with Crippen molar-refractivity contribution >= 4 is 39.8 Å². The Kier molecular flexibility index (Phi) is 5.54. The predicted octanol–water partition coefficient (Wildman–Crippen LogP) is 1.71. The summed E-state index contributed by atoms with van der Waals surface area (Å²) in [7, 11) is 3.71. The van der Waals surface area contributed by atoms with Gasteiger partial charge in [-0.15, -0.1) is 11.3 Å². The summed E-state index contributed by atoms with van der Waals surface area (Å²) in [5.41, 5.74) is 6.62. The molecule has 0 aliphatic carbocycles. The first kappa shape index (κ1) is 17.5. The Balaban J connectivity index is 1.94. The van der Waals surface area contributed by atoms with Crippen molar-refractivity contribution in [2.75, 3.05) is 30.9 Å². The molecular weight excluding hydrogens is 330 g/mol. The van der Waals surface area contributed by atoms with Crippen LogP contribution in [0.4, 0.5) is 10.7 Å². The van der Waals surface area contributed by atoms with Crippen LogP contribution in [0.1, 0.15) is 20.7 Å². The van der Waals surface area contributed by atoms with Crippen molar-refractivity contribution in [2.24, 2.45) is 5.73 Å². The second-order valence-electron chi connectivity index (χ2n) is 5.10. The lowest BCUT2D eigenvalue weighted by molar-refractivity contribution is -0.119. The summed E-state index contributed by atoms with van der Waals surface area (Å²) in [6.07, 6.45) is 0. The average Bonchev–Trinajstić information content (AvgIpc) is 3.01. The number of hydrogen-bond acceptors (Lipinski definition) is 6.